The Morgan fingerprint density at radius 1 is 1.50 bits per heavy atom. The minimum Gasteiger partial charge on any atom is -0.465 e. The summed E-state index contributed by atoms with van der Waals surface area (Å²) < 4.78 is 6.58. The van der Waals surface area contributed by atoms with Crippen LogP contribution in [0, 0.1) is 13.8 Å². The van der Waals surface area contributed by atoms with E-state index >= 15 is 0 Å². The Labute approximate surface area is 72.0 Å². The second-order valence-corrected chi connectivity index (χ2v) is 2.88. The zero-order chi connectivity index (χ0) is 9.30. The summed E-state index contributed by atoms with van der Waals surface area (Å²) in [4.78, 5) is 11.2. The molecule has 0 saturated heterocycles. The summed E-state index contributed by atoms with van der Waals surface area (Å²) in [6.45, 7) is 3.80. The predicted molar refractivity (Wildman–Crippen MR) is 46.2 cm³/mol. The molecule has 0 N–H and O–H groups in total. The first-order chi connectivity index (χ1) is 5.57. The number of hydrogen-bond donors (Lipinski definition) is 0. The Hall–Kier alpha value is -1.25. The quantitative estimate of drug-likeness (QED) is 0.592. The van der Waals surface area contributed by atoms with E-state index < -0.39 is 0 Å². The molecule has 12 heavy (non-hydrogen) atoms. The van der Waals surface area contributed by atoms with Crippen LogP contribution in [0.2, 0.25) is 0 Å². The molecule has 0 radical (unpaired) electrons. The Kier molecular flexibility index (Phi) is 2.22. The summed E-state index contributed by atoms with van der Waals surface area (Å²) in [5, 5.41) is 0. The number of aromatic nitrogens is 1. The minimum absolute atomic E-state index is 0.259. The van der Waals surface area contributed by atoms with Crippen LogP contribution in [-0.2, 0) is 11.8 Å². The number of ether oxygens (including phenoxy) is 1. The van der Waals surface area contributed by atoms with Gasteiger partial charge in [0, 0.05) is 18.9 Å². The average Bonchev–Trinajstić information content (AvgIpc) is 2.26. The predicted octanol–water partition coefficient (Wildman–Crippen LogP) is 1.43. The van der Waals surface area contributed by atoms with Crippen molar-refractivity contribution in [2.45, 2.75) is 13.8 Å². The molecule has 0 aliphatic heterocycles. The fourth-order valence-electron chi connectivity index (χ4n) is 1.32. The van der Waals surface area contributed by atoms with Crippen LogP contribution in [0.4, 0.5) is 0 Å². The van der Waals surface area contributed by atoms with E-state index in [1.54, 1.807) is 0 Å². The SMILES string of the molecule is COC(=O)c1c(C)cn(C)c1C. The smallest absolute Gasteiger partial charge is 0.339 e. The van der Waals surface area contributed by atoms with E-state index in [0.29, 0.717) is 5.56 Å². The van der Waals surface area contributed by atoms with Gasteiger partial charge in [-0.25, -0.2) is 4.79 Å². The first kappa shape index (κ1) is 8.84. The third-order valence-electron chi connectivity index (χ3n) is 2.06. The van der Waals surface area contributed by atoms with Crippen LogP contribution in [-0.4, -0.2) is 17.6 Å². The van der Waals surface area contributed by atoms with E-state index in [2.05, 4.69) is 4.74 Å². The van der Waals surface area contributed by atoms with Crippen LogP contribution in [0.15, 0.2) is 6.20 Å². The van der Waals surface area contributed by atoms with E-state index in [0.717, 1.165) is 11.3 Å². The van der Waals surface area contributed by atoms with E-state index in [4.69, 9.17) is 0 Å². The second-order valence-electron chi connectivity index (χ2n) is 2.88. The van der Waals surface area contributed by atoms with E-state index in [-0.39, 0.29) is 5.97 Å². The molecule has 1 aromatic rings. The molecule has 1 heterocycles. The third kappa shape index (κ3) is 1.22. The van der Waals surface area contributed by atoms with Gasteiger partial charge in [0.05, 0.1) is 12.7 Å². The molecule has 66 valence electrons. The van der Waals surface area contributed by atoms with Gasteiger partial charge in [0.2, 0.25) is 0 Å². The molecule has 3 heteroatoms. The molecule has 0 atom stereocenters. The highest BCUT2D eigenvalue weighted by atomic mass is 16.5. The molecule has 1 aromatic heterocycles. The maximum atomic E-state index is 11.2. The lowest BCUT2D eigenvalue weighted by molar-refractivity contribution is 0.0599. The molecule has 0 amide bonds. The summed E-state index contributed by atoms with van der Waals surface area (Å²) in [7, 11) is 3.31. The monoisotopic (exact) mass is 167 g/mol. The van der Waals surface area contributed by atoms with Crippen LogP contribution < -0.4 is 0 Å². The number of rotatable bonds is 1. The zero-order valence-corrected chi connectivity index (χ0v) is 7.84. The minimum atomic E-state index is -0.259. The molecule has 0 aliphatic carbocycles. The summed E-state index contributed by atoms with van der Waals surface area (Å²) >= 11 is 0. The molecule has 0 unspecified atom stereocenters. The molecular formula is C9H13NO2. The van der Waals surface area contributed by atoms with E-state index in [1.807, 2.05) is 31.7 Å². The van der Waals surface area contributed by atoms with Crippen molar-refractivity contribution in [3.8, 4) is 0 Å². The van der Waals surface area contributed by atoms with Crippen LogP contribution in [0.25, 0.3) is 0 Å². The lowest BCUT2D eigenvalue weighted by Crippen LogP contribution is -2.04. The maximum absolute atomic E-state index is 11.2. The molecule has 0 aliphatic rings. The van der Waals surface area contributed by atoms with Crippen molar-refractivity contribution in [2.75, 3.05) is 7.11 Å². The molecule has 0 aromatic carbocycles. The highest BCUT2D eigenvalue weighted by Crippen LogP contribution is 2.15. The number of methoxy groups -OCH3 is 1. The number of esters is 1. The normalized spacial score (nSPS) is 10.0. The lowest BCUT2D eigenvalue weighted by atomic mass is 10.2. The molecule has 0 fully saturated rings. The van der Waals surface area contributed by atoms with E-state index in [1.165, 1.54) is 7.11 Å². The van der Waals surface area contributed by atoms with Crippen LogP contribution >= 0.6 is 0 Å². The molecule has 1 rings (SSSR count). The molecule has 0 spiro atoms. The van der Waals surface area contributed by atoms with Crippen LogP contribution in [0.3, 0.4) is 0 Å². The second kappa shape index (κ2) is 3.01. The van der Waals surface area contributed by atoms with Crippen molar-refractivity contribution >= 4 is 5.97 Å². The van der Waals surface area contributed by atoms with Crippen LogP contribution in [0.1, 0.15) is 21.6 Å². The van der Waals surface area contributed by atoms with Crippen LogP contribution in [0.5, 0.6) is 0 Å². The Balaban J connectivity index is 3.22. The first-order valence-corrected chi connectivity index (χ1v) is 3.78. The number of carbonyl (C=O) groups excluding carboxylic acids is 1. The summed E-state index contributed by atoms with van der Waals surface area (Å²) in [5.41, 5.74) is 2.58. The third-order valence-corrected chi connectivity index (χ3v) is 2.06. The van der Waals surface area contributed by atoms with Crippen molar-refractivity contribution in [3.63, 3.8) is 0 Å². The van der Waals surface area contributed by atoms with Gasteiger partial charge in [-0.2, -0.15) is 0 Å². The first-order valence-electron chi connectivity index (χ1n) is 3.78. The van der Waals surface area contributed by atoms with Gasteiger partial charge in [-0.15, -0.1) is 0 Å². The van der Waals surface area contributed by atoms with Gasteiger partial charge in [0.15, 0.2) is 0 Å². The van der Waals surface area contributed by atoms with Gasteiger partial charge in [-0.05, 0) is 19.4 Å². The molecule has 0 bridgehead atoms. The highest BCUT2D eigenvalue weighted by molar-refractivity contribution is 5.92. The van der Waals surface area contributed by atoms with Crippen molar-refractivity contribution in [2.24, 2.45) is 7.05 Å². The standard InChI is InChI=1S/C9H13NO2/c1-6-5-10(3)7(2)8(6)9(11)12-4/h5H,1-4H3. The van der Waals surface area contributed by atoms with Gasteiger partial charge >= 0.3 is 5.97 Å². The van der Waals surface area contributed by atoms with Gasteiger partial charge in [0.25, 0.3) is 0 Å². The number of nitrogens with zero attached hydrogens (tertiary/aromatic N) is 1. The fourth-order valence-corrected chi connectivity index (χ4v) is 1.32. The largest absolute Gasteiger partial charge is 0.465 e. The molecule has 3 nitrogen and oxygen atoms in total. The van der Waals surface area contributed by atoms with Crippen molar-refractivity contribution in [1.82, 2.24) is 4.57 Å². The lowest BCUT2D eigenvalue weighted by Gasteiger charge is -2.00. The highest BCUT2D eigenvalue weighted by Gasteiger charge is 2.15. The summed E-state index contributed by atoms with van der Waals surface area (Å²) in [5.74, 6) is -0.259. The zero-order valence-electron chi connectivity index (χ0n) is 7.84. The van der Waals surface area contributed by atoms with E-state index in [9.17, 15) is 4.79 Å². The topological polar surface area (TPSA) is 31.2 Å². The average molecular weight is 167 g/mol. The summed E-state index contributed by atoms with van der Waals surface area (Å²) in [6.07, 6.45) is 1.92. The fraction of sp³-hybridized carbons (Fsp3) is 0.444. The van der Waals surface area contributed by atoms with Gasteiger partial charge in [-0.3, -0.25) is 0 Å². The Morgan fingerprint density at radius 2 is 2.08 bits per heavy atom. The Bertz CT molecular complexity index is 313. The number of hydrogen-bond acceptors (Lipinski definition) is 2. The van der Waals surface area contributed by atoms with Crippen molar-refractivity contribution in [3.05, 3.63) is 23.0 Å². The Morgan fingerprint density at radius 3 is 2.42 bits per heavy atom. The maximum Gasteiger partial charge on any atom is 0.339 e. The van der Waals surface area contributed by atoms with Gasteiger partial charge in [0.1, 0.15) is 0 Å². The van der Waals surface area contributed by atoms with Gasteiger partial charge in [-0.1, -0.05) is 0 Å². The number of aryl methyl sites for hydroxylation is 2. The number of carbonyl (C=O) groups is 1. The molecule has 0 saturated carbocycles. The van der Waals surface area contributed by atoms with Crippen molar-refractivity contribution < 1.29 is 9.53 Å². The summed E-state index contributed by atoms with van der Waals surface area (Å²) in [6, 6.07) is 0. The molecular weight excluding hydrogens is 154 g/mol. The van der Waals surface area contributed by atoms with Gasteiger partial charge < -0.3 is 9.30 Å². The van der Waals surface area contributed by atoms with Crippen molar-refractivity contribution in [1.29, 1.82) is 0 Å².